The third kappa shape index (κ3) is 8.87. The first-order valence-electron chi connectivity index (χ1n) is 14.8. The average Bonchev–Trinajstić information content (AvgIpc) is 3.03. The van der Waals surface area contributed by atoms with Crippen molar-refractivity contribution in [1.82, 2.24) is 10.2 Å². The molecule has 0 heterocycles. The molecular weight excluding hydrogens is 648 g/mol. The molecule has 2 amide bonds. The fourth-order valence-electron chi connectivity index (χ4n) is 4.80. The summed E-state index contributed by atoms with van der Waals surface area (Å²) in [5.41, 5.74) is 2.21. The fourth-order valence-corrected chi connectivity index (χ4v) is 6.67. The molecule has 0 radical (unpaired) electrons. The van der Waals surface area contributed by atoms with Gasteiger partial charge in [0.2, 0.25) is 11.8 Å². The minimum atomic E-state index is -4.35. The van der Waals surface area contributed by atoms with E-state index in [9.17, 15) is 22.4 Å². The minimum absolute atomic E-state index is 0.00805. The summed E-state index contributed by atoms with van der Waals surface area (Å²) in [6, 6.07) is 24.5. The zero-order chi connectivity index (χ0) is 33.4. The smallest absolute Gasteiger partial charge is 0.264 e. The first-order chi connectivity index (χ1) is 21.9. The molecular formula is C35H36Cl2FN3O4S. The third-order valence-corrected chi connectivity index (χ3v) is 9.89. The van der Waals surface area contributed by atoms with Gasteiger partial charge in [0.15, 0.2) is 0 Å². The number of aryl methyl sites for hydroxylation is 1. The van der Waals surface area contributed by atoms with E-state index >= 15 is 0 Å². The highest BCUT2D eigenvalue weighted by Gasteiger charge is 2.35. The predicted octanol–water partition coefficient (Wildman–Crippen LogP) is 7.05. The number of rotatable bonds is 13. The molecule has 1 unspecified atom stereocenters. The van der Waals surface area contributed by atoms with Gasteiger partial charge in [0.1, 0.15) is 18.4 Å². The molecule has 0 aliphatic rings. The lowest BCUT2D eigenvalue weighted by molar-refractivity contribution is -0.140. The van der Waals surface area contributed by atoms with Gasteiger partial charge >= 0.3 is 0 Å². The van der Waals surface area contributed by atoms with E-state index in [0.717, 1.165) is 15.4 Å². The van der Waals surface area contributed by atoms with E-state index < -0.39 is 40.2 Å². The molecule has 4 aromatic carbocycles. The quantitative estimate of drug-likeness (QED) is 0.164. The average molecular weight is 685 g/mol. The molecule has 11 heteroatoms. The van der Waals surface area contributed by atoms with Crippen molar-refractivity contribution >= 4 is 50.7 Å². The summed E-state index contributed by atoms with van der Waals surface area (Å²) in [6.07, 6.45) is 0.153. The first kappa shape index (κ1) is 34.9. The summed E-state index contributed by atoms with van der Waals surface area (Å²) in [5.74, 6) is -1.38. The molecule has 46 heavy (non-hydrogen) atoms. The van der Waals surface area contributed by atoms with Crippen LogP contribution in [0, 0.1) is 18.7 Å². The Morgan fingerprint density at radius 3 is 2.13 bits per heavy atom. The molecule has 0 saturated carbocycles. The van der Waals surface area contributed by atoms with E-state index in [4.69, 9.17) is 23.2 Å². The van der Waals surface area contributed by atoms with Crippen LogP contribution in [0.1, 0.15) is 30.5 Å². The number of hydrogen-bond donors (Lipinski definition) is 1. The van der Waals surface area contributed by atoms with Crippen LogP contribution in [0.15, 0.2) is 102 Å². The van der Waals surface area contributed by atoms with Crippen LogP contribution in [0.2, 0.25) is 10.0 Å². The molecule has 1 atom stereocenters. The summed E-state index contributed by atoms with van der Waals surface area (Å²) in [7, 11) is -4.35. The maximum atomic E-state index is 14.5. The monoisotopic (exact) mass is 683 g/mol. The van der Waals surface area contributed by atoms with Crippen LogP contribution in [0.25, 0.3) is 0 Å². The highest BCUT2D eigenvalue weighted by Crippen LogP contribution is 2.35. The molecule has 1 N–H and O–H groups in total. The van der Waals surface area contributed by atoms with Crippen LogP contribution < -0.4 is 9.62 Å². The van der Waals surface area contributed by atoms with E-state index in [1.54, 1.807) is 18.2 Å². The van der Waals surface area contributed by atoms with Gasteiger partial charge in [-0.25, -0.2) is 12.8 Å². The fraction of sp³-hybridized carbons (Fsp3) is 0.257. The highest BCUT2D eigenvalue weighted by molar-refractivity contribution is 7.92. The molecule has 242 valence electrons. The Hall–Kier alpha value is -3.92. The van der Waals surface area contributed by atoms with Crippen LogP contribution in [0.3, 0.4) is 0 Å². The van der Waals surface area contributed by atoms with Crippen molar-refractivity contribution < 1.29 is 22.4 Å². The predicted molar refractivity (Wildman–Crippen MR) is 181 cm³/mol. The summed E-state index contributed by atoms with van der Waals surface area (Å²) in [4.78, 5) is 29.6. The summed E-state index contributed by atoms with van der Waals surface area (Å²) >= 11 is 12.8. The SMILES string of the molecule is Cc1ccc(S(=O)(=O)N(CC(=O)N(Cc2ccc(F)cc2)C(Cc2ccccc2)C(=O)NCC(C)C)c2cccc(Cl)c2Cl)cc1. The number of nitrogens with one attached hydrogen (secondary N) is 1. The van der Waals surface area contributed by atoms with E-state index in [0.29, 0.717) is 12.1 Å². The number of carbonyl (C=O) groups is 2. The number of amides is 2. The Kier molecular flexibility index (Phi) is 11.8. The Labute approximate surface area is 280 Å². The van der Waals surface area contributed by atoms with E-state index in [1.165, 1.54) is 53.4 Å². The summed E-state index contributed by atoms with van der Waals surface area (Å²) < 4.78 is 43.1. The summed E-state index contributed by atoms with van der Waals surface area (Å²) in [5, 5.41) is 2.99. The molecule has 0 spiro atoms. The van der Waals surface area contributed by atoms with Crippen LogP contribution in [0.4, 0.5) is 10.1 Å². The van der Waals surface area contributed by atoms with Gasteiger partial charge in [-0.05, 0) is 60.4 Å². The molecule has 4 rings (SSSR count). The van der Waals surface area contributed by atoms with Gasteiger partial charge in [0.25, 0.3) is 10.0 Å². The Bertz CT molecular complexity index is 1750. The third-order valence-electron chi connectivity index (χ3n) is 7.31. The normalized spacial score (nSPS) is 12.1. The van der Waals surface area contributed by atoms with Gasteiger partial charge < -0.3 is 10.2 Å². The van der Waals surface area contributed by atoms with Crippen molar-refractivity contribution in [3.05, 3.63) is 130 Å². The molecule has 0 bridgehead atoms. The van der Waals surface area contributed by atoms with Crippen LogP contribution in [-0.2, 0) is 32.6 Å². The molecule has 0 saturated heterocycles. The molecule has 7 nitrogen and oxygen atoms in total. The van der Waals surface area contributed by atoms with Gasteiger partial charge in [-0.1, -0.05) is 103 Å². The van der Waals surface area contributed by atoms with Gasteiger partial charge in [-0.15, -0.1) is 0 Å². The first-order valence-corrected chi connectivity index (χ1v) is 17.0. The molecule has 0 aromatic heterocycles. The van der Waals surface area contributed by atoms with Crippen LogP contribution in [0.5, 0.6) is 0 Å². The zero-order valence-corrected chi connectivity index (χ0v) is 28.1. The van der Waals surface area contributed by atoms with Crippen molar-refractivity contribution in [1.29, 1.82) is 0 Å². The van der Waals surface area contributed by atoms with Gasteiger partial charge in [0.05, 0.1) is 20.6 Å². The molecule has 0 fully saturated rings. The van der Waals surface area contributed by atoms with Crippen molar-refractivity contribution in [2.45, 2.75) is 44.7 Å². The van der Waals surface area contributed by atoms with E-state index in [-0.39, 0.29) is 39.5 Å². The Morgan fingerprint density at radius 2 is 1.50 bits per heavy atom. The van der Waals surface area contributed by atoms with Crippen molar-refractivity contribution in [3.63, 3.8) is 0 Å². The Morgan fingerprint density at radius 1 is 0.848 bits per heavy atom. The maximum Gasteiger partial charge on any atom is 0.264 e. The maximum absolute atomic E-state index is 14.5. The van der Waals surface area contributed by atoms with Crippen molar-refractivity contribution in [2.75, 3.05) is 17.4 Å². The van der Waals surface area contributed by atoms with Gasteiger partial charge in [0, 0.05) is 19.5 Å². The second-order valence-corrected chi connectivity index (χ2v) is 14.0. The number of carbonyl (C=O) groups excluding carboxylic acids is 2. The van der Waals surface area contributed by atoms with Crippen LogP contribution in [-0.4, -0.2) is 44.3 Å². The van der Waals surface area contributed by atoms with Crippen LogP contribution >= 0.6 is 23.2 Å². The second-order valence-electron chi connectivity index (χ2n) is 11.4. The van der Waals surface area contributed by atoms with E-state index in [1.807, 2.05) is 51.1 Å². The Balaban J connectivity index is 1.82. The van der Waals surface area contributed by atoms with Gasteiger partial charge in [-0.3, -0.25) is 13.9 Å². The number of sulfonamides is 1. The standard InChI is InChI=1S/C35H36Cl2FN3O4S/c1-24(2)21-39-35(43)32(20-26-8-5-4-6-9-26)40(22-27-14-16-28(38)17-15-27)33(42)23-41(31-11-7-10-30(36)34(31)37)46(44,45)29-18-12-25(3)13-19-29/h4-19,24,32H,20-23H2,1-3H3,(H,39,43). The number of anilines is 1. The lowest BCUT2D eigenvalue weighted by Crippen LogP contribution is -2.53. The number of hydrogen-bond acceptors (Lipinski definition) is 4. The van der Waals surface area contributed by atoms with Crippen molar-refractivity contribution in [3.8, 4) is 0 Å². The highest BCUT2D eigenvalue weighted by atomic mass is 35.5. The molecule has 0 aliphatic carbocycles. The van der Waals surface area contributed by atoms with Gasteiger partial charge in [-0.2, -0.15) is 0 Å². The lowest BCUT2D eigenvalue weighted by atomic mass is 10.0. The minimum Gasteiger partial charge on any atom is -0.354 e. The number of halogens is 3. The van der Waals surface area contributed by atoms with Crippen molar-refractivity contribution in [2.24, 2.45) is 5.92 Å². The summed E-state index contributed by atoms with van der Waals surface area (Å²) in [6.45, 7) is 5.32. The molecule has 4 aromatic rings. The molecule has 0 aliphatic heterocycles. The largest absolute Gasteiger partial charge is 0.354 e. The number of nitrogens with zero attached hydrogens (tertiary/aromatic N) is 2. The zero-order valence-electron chi connectivity index (χ0n) is 25.8. The topological polar surface area (TPSA) is 86.8 Å². The second kappa shape index (κ2) is 15.6. The van der Waals surface area contributed by atoms with E-state index in [2.05, 4.69) is 5.32 Å². The number of benzene rings is 4. The lowest BCUT2D eigenvalue weighted by Gasteiger charge is -2.34.